The lowest BCUT2D eigenvalue weighted by molar-refractivity contribution is -0.139. The van der Waals surface area contributed by atoms with Crippen molar-refractivity contribution in [2.45, 2.75) is 57.5 Å². The summed E-state index contributed by atoms with van der Waals surface area (Å²) in [6, 6.07) is -0.0809. The number of nitrogens with zero attached hydrogens (tertiary/aromatic N) is 3. The van der Waals surface area contributed by atoms with Gasteiger partial charge in [-0.1, -0.05) is 12.8 Å². The topological polar surface area (TPSA) is 66.3 Å². The number of rotatable bonds is 2. The van der Waals surface area contributed by atoms with E-state index in [1.54, 1.807) is 0 Å². The lowest BCUT2D eigenvalue weighted by atomic mass is 9.76. The molecule has 19 heavy (non-hydrogen) atoms. The van der Waals surface area contributed by atoms with E-state index < -0.39 is 12.0 Å². The average molecular weight is 281 g/mol. The number of piperidine rings is 1. The Morgan fingerprint density at radius 3 is 2.79 bits per heavy atom. The maximum Gasteiger partial charge on any atom is 0.326 e. The summed E-state index contributed by atoms with van der Waals surface area (Å²) < 4.78 is 4.22. The Hall–Kier alpha value is -1.17. The van der Waals surface area contributed by atoms with Crippen molar-refractivity contribution >= 4 is 22.6 Å². The summed E-state index contributed by atoms with van der Waals surface area (Å²) in [5, 5.41) is 10.3. The van der Waals surface area contributed by atoms with Gasteiger partial charge in [-0.3, -0.25) is 0 Å². The van der Waals surface area contributed by atoms with Crippen LogP contribution in [-0.2, 0) is 4.79 Å². The van der Waals surface area contributed by atoms with Crippen LogP contribution in [0.15, 0.2) is 0 Å². The quantitative estimate of drug-likeness (QED) is 0.902. The van der Waals surface area contributed by atoms with E-state index in [0.29, 0.717) is 12.0 Å². The van der Waals surface area contributed by atoms with Gasteiger partial charge < -0.3 is 10.0 Å². The van der Waals surface area contributed by atoms with E-state index in [1.165, 1.54) is 30.8 Å². The first-order valence-electron chi connectivity index (χ1n) is 6.98. The summed E-state index contributed by atoms with van der Waals surface area (Å²) in [5.74, 6) is 0.646. The number of anilines is 1. The summed E-state index contributed by atoms with van der Waals surface area (Å²) >= 11 is 1.33. The lowest BCUT2D eigenvalue weighted by Crippen LogP contribution is -2.55. The Morgan fingerprint density at radius 1 is 1.32 bits per heavy atom. The molecule has 3 unspecified atom stereocenters. The number of carbonyl (C=O) groups is 1. The van der Waals surface area contributed by atoms with Gasteiger partial charge in [-0.05, 0) is 38.5 Å². The Morgan fingerprint density at radius 2 is 2.11 bits per heavy atom. The molecule has 5 nitrogen and oxygen atoms in total. The second-order valence-corrected chi connectivity index (χ2v) is 6.31. The van der Waals surface area contributed by atoms with Crippen LogP contribution >= 0.6 is 11.5 Å². The van der Waals surface area contributed by atoms with Crippen LogP contribution in [0.25, 0.3) is 0 Å². The highest BCUT2D eigenvalue weighted by molar-refractivity contribution is 7.09. The van der Waals surface area contributed by atoms with E-state index in [1.807, 2.05) is 6.92 Å². The molecule has 1 saturated carbocycles. The molecule has 1 aromatic heterocycles. The minimum atomic E-state index is -0.725. The molecule has 0 bridgehead atoms. The van der Waals surface area contributed by atoms with Gasteiger partial charge in [0.1, 0.15) is 11.9 Å². The van der Waals surface area contributed by atoms with Crippen LogP contribution in [0.3, 0.4) is 0 Å². The van der Waals surface area contributed by atoms with Gasteiger partial charge in [0.05, 0.1) is 0 Å². The third kappa shape index (κ3) is 2.33. The molecule has 1 N–H and O–H groups in total. The van der Waals surface area contributed by atoms with Gasteiger partial charge in [-0.15, -0.1) is 0 Å². The number of carboxylic acids is 1. The van der Waals surface area contributed by atoms with Gasteiger partial charge >= 0.3 is 5.97 Å². The van der Waals surface area contributed by atoms with Crippen molar-refractivity contribution in [3.8, 4) is 0 Å². The number of aryl methyl sites for hydroxylation is 1. The van der Waals surface area contributed by atoms with Gasteiger partial charge in [0.2, 0.25) is 5.13 Å². The maximum absolute atomic E-state index is 11.5. The summed E-state index contributed by atoms with van der Waals surface area (Å²) in [5.41, 5.74) is 0. The van der Waals surface area contributed by atoms with Crippen molar-refractivity contribution in [1.29, 1.82) is 0 Å². The van der Waals surface area contributed by atoms with Gasteiger partial charge in [0.15, 0.2) is 0 Å². The summed E-state index contributed by atoms with van der Waals surface area (Å²) in [7, 11) is 0. The molecule has 2 fully saturated rings. The minimum absolute atomic E-state index is 0.343. The van der Waals surface area contributed by atoms with Crippen molar-refractivity contribution in [3.63, 3.8) is 0 Å². The lowest BCUT2D eigenvalue weighted by Gasteiger charge is -2.46. The summed E-state index contributed by atoms with van der Waals surface area (Å²) in [6.07, 6.45) is 6.56. The first-order chi connectivity index (χ1) is 9.16. The number of aromatic nitrogens is 2. The average Bonchev–Trinajstić information content (AvgIpc) is 2.83. The molecule has 1 aromatic rings. The molecule has 1 aliphatic heterocycles. The van der Waals surface area contributed by atoms with Gasteiger partial charge in [-0.2, -0.15) is 4.37 Å². The van der Waals surface area contributed by atoms with Crippen molar-refractivity contribution < 1.29 is 9.90 Å². The molecule has 3 rings (SSSR count). The van der Waals surface area contributed by atoms with Crippen LogP contribution in [0.2, 0.25) is 0 Å². The standard InChI is InChI=1S/C13H19N3O2S/c1-8-14-13(19-15-8)16-10-5-3-2-4-9(10)6-7-11(16)12(17)18/h9-11H,2-7H2,1H3,(H,17,18). The monoisotopic (exact) mass is 281 g/mol. The Kier molecular flexibility index (Phi) is 3.43. The number of aliphatic carboxylic acids is 1. The third-order valence-corrected chi connectivity index (χ3v) is 5.22. The number of fused-ring (bicyclic) bond motifs is 1. The molecule has 104 valence electrons. The molecule has 1 saturated heterocycles. The van der Waals surface area contributed by atoms with Crippen molar-refractivity contribution in [2.75, 3.05) is 4.90 Å². The van der Waals surface area contributed by atoms with Crippen LogP contribution in [0, 0.1) is 12.8 Å². The zero-order valence-corrected chi connectivity index (χ0v) is 11.9. The van der Waals surface area contributed by atoms with E-state index in [4.69, 9.17) is 0 Å². The van der Waals surface area contributed by atoms with Crippen LogP contribution in [-0.4, -0.2) is 32.5 Å². The van der Waals surface area contributed by atoms with E-state index in [9.17, 15) is 9.90 Å². The van der Waals surface area contributed by atoms with E-state index in [2.05, 4.69) is 14.3 Å². The third-order valence-electron chi connectivity index (χ3n) is 4.40. The molecule has 2 aliphatic rings. The first-order valence-corrected chi connectivity index (χ1v) is 7.75. The Balaban J connectivity index is 1.94. The molecule has 0 amide bonds. The molecule has 0 spiro atoms. The second kappa shape index (κ2) is 5.07. The zero-order chi connectivity index (χ0) is 13.4. The predicted molar refractivity (Wildman–Crippen MR) is 73.5 cm³/mol. The Bertz CT molecular complexity index is 476. The molecule has 0 aromatic carbocycles. The summed E-state index contributed by atoms with van der Waals surface area (Å²) in [6.45, 7) is 1.86. The maximum atomic E-state index is 11.5. The molecule has 1 aliphatic carbocycles. The molecular formula is C13H19N3O2S. The van der Waals surface area contributed by atoms with Crippen LogP contribution < -0.4 is 4.90 Å². The molecular weight excluding hydrogens is 262 g/mol. The largest absolute Gasteiger partial charge is 0.480 e. The minimum Gasteiger partial charge on any atom is -0.480 e. The van der Waals surface area contributed by atoms with Crippen LogP contribution in [0.5, 0.6) is 0 Å². The fourth-order valence-corrected chi connectivity index (χ4v) is 4.33. The second-order valence-electron chi connectivity index (χ2n) is 5.57. The van der Waals surface area contributed by atoms with Crippen molar-refractivity contribution in [2.24, 2.45) is 5.92 Å². The van der Waals surface area contributed by atoms with Crippen molar-refractivity contribution in [3.05, 3.63) is 5.82 Å². The van der Waals surface area contributed by atoms with E-state index >= 15 is 0 Å². The highest BCUT2D eigenvalue weighted by atomic mass is 32.1. The highest BCUT2D eigenvalue weighted by Gasteiger charge is 2.42. The first kappa shape index (κ1) is 12.8. The summed E-state index contributed by atoms with van der Waals surface area (Å²) in [4.78, 5) is 18.0. The van der Waals surface area contributed by atoms with Crippen molar-refractivity contribution in [1.82, 2.24) is 9.36 Å². The molecule has 6 heteroatoms. The molecule has 3 atom stereocenters. The van der Waals surface area contributed by atoms with Crippen LogP contribution in [0.1, 0.15) is 44.3 Å². The molecule has 2 heterocycles. The van der Waals surface area contributed by atoms with Gasteiger partial charge in [0.25, 0.3) is 0 Å². The zero-order valence-electron chi connectivity index (χ0n) is 11.1. The van der Waals surface area contributed by atoms with Gasteiger partial charge in [-0.25, -0.2) is 9.78 Å². The predicted octanol–water partition coefficient (Wildman–Crippen LogP) is 2.46. The fourth-order valence-electron chi connectivity index (χ4n) is 3.54. The normalized spacial score (nSPS) is 31.0. The van der Waals surface area contributed by atoms with Gasteiger partial charge in [0, 0.05) is 17.6 Å². The molecule has 0 radical (unpaired) electrons. The number of hydrogen-bond acceptors (Lipinski definition) is 5. The Labute approximate surface area is 116 Å². The fraction of sp³-hybridized carbons (Fsp3) is 0.769. The van der Waals surface area contributed by atoms with E-state index in [-0.39, 0.29) is 0 Å². The number of hydrogen-bond donors (Lipinski definition) is 1. The SMILES string of the molecule is Cc1nsc(N2C(C(=O)O)CCC3CCCCC32)n1. The number of carboxylic acid groups (broad SMARTS) is 1. The van der Waals surface area contributed by atoms with E-state index in [0.717, 1.165) is 30.2 Å². The smallest absolute Gasteiger partial charge is 0.326 e. The van der Waals surface area contributed by atoms with Crippen LogP contribution in [0.4, 0.5) is 5.13 Å². The highest BCUT2D eigenvalue weighted by Crippen LogP contribution is 2.40.